The molecule has 0 aliphatic heterocycles. The van der Waals surface area contributed by atoms with Gasteiger partial charge in [-0.3, -0.25) is 4.98 Å². The van der Waals surface area contributed by atoms with Crippen LogP contribution in [-0.4, -0.2) is 31.3 Å². The summed E-state index contributed by atoms with van der Waals surface area (Å²) in [6.07, 6.45) is 5.10. The summed E-state index contributed by atoms with van der Waals surface area (Å²) in [5, 5.41) is 0. The molecule has 0 saturated carbocycles. The maximum atomic E-state index is 6.02. The maximum absolute atomic E-state index is 6.02. The summed E-state index contributed by atoms with van der Waals surface area (Å²) in [6, 6.07) is 4.74. The summed E-state index contributed by atoms with van der Waals surface area (Å²) in [7, 11) is 1.74. The monoisotopic (exact) mass is 279 g/mol. The minimum Gasteiger partial charge on any atom is -0.383 e. The molecule has 1 heterocycles. The molecule has 0 aliphatic rings. The van der Waals surface area contributed by atoms with Gasteiger partial charge in [-0.05, 0) is 31.4 Å². The Balaban J connectivity index is 2.89. The van der Waals surface area contributed by atoms with E-state index < -0.39 is 0 Å². The fraction of sp³-hybridized carbons (Fsp3) is 0.688. The normalized spacial score (nSPS) is 12.7. The van der Waals surface area contributed by atoms with Gasteiger partial charge in [0.25, 0.3) is 0 Å². The standard InChI is InChI=1S/C16H29N3O/c1-5-13(6-2)19(10-11-20-4)14-8-9-16(18-12-14)15(17)7-3/h8-9,12-13,15H,5-7,10-11,17H2,1-4H3/t15-/m1/s1. The molecule has 0 aromatic carbocycles. The number of hydrogen-bond acceptors (Lipinski definition) is 4. The van der Waals surface area contributed by atoms with Gasteiger partial charge in [0.15, 0.2) is 0 Å². The van der Waals surface area contributed by atoms with E-state index in [0.29, 0.717) is 6.04 Å². The molecule has 2 N–H and O–H groups in total. The van der Waals surface area contributed by atoms with Gasteiger partial charge in [-0.15, -0.1) is 0 Å². The number of aromatic nitrogens is 1. The Morgan fingerprint density at radius 2 is 1.90 bits per heavy atom. The van der Waals surface area contributed by atoms with Crippen molar-refractivity contribution in [1.82, 2.24) is 4.98 Å². The van der Waals surface area contributed by atoms with E-state index in [2.05, 4.69) is 36.7 Å². The van der Waals surface area contributed by atoms with E-state index in [-0.39, 0.29) is 6.04 Å². The fourth-order valence-corrected chi connectivity index (χ4v) is 2.44. The summed E-state index contributed by atoms with van der Waals surface area (Å²) in [5.41, 5.74) is 8.14. The molecule has 4 heteroatoms. The van der Waals surface area contributed by atoms with E-state index in [0.717, 1.165) is 43.8 Å². The summed E-state index contributed by atoms with van der Waals surface area (Å²) in [5.74, 6) is 0. The van der Waals surface area contributed by atoms with Gasteiger partial charge in [-0.25, -0.2) is 0 Å². The molecule has 0 saturated heterocycles. The van der Waals surface area contributed by atoms with Crippen LogP contribution in [0.25, 0.3) is 0 Å². The lowest BCUT2D eigenvalue weighted by molar-refractivity contribution is 0.202. The van der Waals surface area contributed by atoms with Gasteiger partial charge in [-0.2, -0.15) is 0 Å². The first-order valence-corrected chi connectivity index (χ1v) is 7.64. The van der Waals surface area contributed by atoms with Crippen LogP contribution in [0.5, 0.6) is 0 Å². The molecule has 1 atom stereocenters. The number of hydrogen-bond donors (Lipinski definition) is 1. The number of rotatable bonds is 9. The molecule has 0 amide bonds. The third kappa shape index (κ3) is 4.46. The van der Waals surface area contributed by atoms with Crippen LogP contribution in [0.15, 0.2) is 18.3 Å². The van der Waals surface area contributed by atoms with Gasteiger partial charge in [-0.1, -0.05) is 20.8 Å². The molecule has 0 aliphatic carbocycles. The second-order valence-corrected chi connectivity index (χ2v) is 5.11. The smallest absolute Gasteiger partial charge is 0.0637 e. The molecule has 4 nitrogen and oxygen atoms in total. The Morgan fingerprint density at radius 3 is 2.35 bits per heavy atom. The van der Waals surface area contributed by atoms with Crippen LogP contribution in [-0.2, 0) is 4.74 Å². The second-order valence-electron chi connectivity index (χ2n) is 5.11. The molecular weight excluding hydrogens is 250 g/mol. The lowest BCUT2D eigenvalue weighted by atomic mass is 10.1. The highest BCUT2D eigenvalue weighted by molar-refractivity contribution is 5.46. The van der Waals surface area contributed by atoms with Crippen LogP contribution in [0, 0.1) is 0 Å². The van der Waals surface area contributed by atoms with Crippen molar-refractivity contribution in [3.8, 4) is 0 Å². The van der Waals surface area contributed by atoms with Crippen LogP contribution in [0.3, 0.4) is 0 Å². The van der Waals surface area contributed by atoms with Crippen LogP contribution in [0.4, 0.5) is 5.69 Å². The summed E-state index contributed by atoms with van der Waals surface area (Å²) >= 11 is 0. The van der Waals surface area contributed by atoms with Crippen molar-refractivity contribution >= 4 is 5.69 Å². The third-order valence-corrected chi connectivity index (χ3v) is 3.84. The second kappa shape index (κ2) is 8.93. The summed E-state index contributed by atoms with van der Waals surface area (Å²) in [4.78, 5) is 6.91. The highest BCUT2D eigenvalue weighted by Gasteiger charge is 2.16. The Bertz CT molecular complexity index is 362. The number of nitrogens with zero attached hydrogens (tertiary/aromatic N) is 2. The van der Waals surface area contributed by atoms with Gasteiger partial charge in [0.05, 0.1) is 24.2 Å². The third-order valence-electron chi connectivity index (χ3n) is 3.84. The van der Waals surface area contributed by atoms with E-state index in [9.17, 15) is 0 Å². The van der Waals surface area contributed by atoms with E-state index in [1.54, 1.807) is 7.11 Å². The van der Waals surface area contributed by atoms with Gasteiger partial charge >= 0.3 is 0 Å². The Kier molecular flexibility index (Phi) is 7.55. The quantitative estimate of drug-likeness (QED) is 0.754. The van der Waals surface area contributed by atoms with Gasteiger partial charge < -0.3 is 15.4 Å². The molecule has 0 unspecified atom stereocenters. The molecule has 1 rings (SSSR count). The fourth-order valence-electron chi connectivity index (χ4n) is 2.44. The van der Waals surface area contributed by atoms with Crippen LogP contribution in [0.2, 0.25) is 0 Å². The van der Waals surface area contributed by atoms with E-state index in [1.165, 1.54) is 0 Å². The first-order chi connectivity index (χ1) is 9.67. The van der Waals surface area contributed by atoms with E-state index >= 15 is 0 Å². The summed E-state index contributed by atoms with van der Waals surface area (Å²) in [6.45, 7) is 8.15. The van der Waals surface area contributed by atoms with Crippen molar-refractivity contribution < 1.29 is 4.74 Å². The molecule has 1 aromatic rings. The van der Waals surface area contributed by atoms with E-state index in [4.69, 9.17) is 10.5 Å². The average molecular weight is 279 g/mol. The Hall–Kier alpha value is -1.13. The Labute approximate surface area is 123 Å². The van der Waals surface area contributed by atoms with Crippen LogP contribution in [0.1, 0.15) is 51.8 Å². The lowest BCUT2D eigenvalue weighted by Gasteiger charge is -2.32. The zero-order valence-electron chi connectivity index (χ0n) is 13.3. The van der Waals surface area contributed by atoms with Crippen molar-refractivity contribution in [3.63, 3.8) is 0 Å². The molecule has 0 bridgehead atoms. The zero-order chi connectivity index (χ0) is 15.0. The number of ether oxygens (including phenoxy) is 1. The topological polar surface area (TPSA) is 51.4 Å². The van der Waals surface area contributed by atoms with Gasteiger partial charge in [0.2, 0.25) is 0 Å². The molecule has 0 radical (unpaired) electrons. The molecule has 0 spiro atoms. The minimum absolute atomic E-state index is 0.0321. The molecule has 114 valence electrons. The average Bonchev–Trinajstić information content (AvgIpc) is 2.51. The molecule has 1 aromatic heterocycles. The first kappa shape index (κ1) is 16.9. The maximum Gasteiger partial charge on any atom is 0.0637 e. The van der Waals surface area contributed by atoms with E-state index in [1.807, 2.05) is 12.3 Å². The predicted molar refractivity (Wildman–Crippen MR) is 85.0 cm³/mol. The number of anilines is 1. The minimum atomic E-state index is 0.0321. The lowest BCUT2D eigenvalue weighted by Crippen LogP contribution is -2.37. The largest absolute Gasteiger partial charge is 0.383 e. The highest BCUT2D eigenvalue weighted by atomic mass is 16.5. The highest BCUT2D eigenvalue weighted by Crippen LogP contribution is 2.21. The molecule has 20 heavy (non-hydrogen) atoms. The number of methoxy groups -OCH3 is 1. The van der Waals surface area contributed by atoms with Crippen molar-refractivity contribution in [2.75, 3.05) is 25.2 Å². The van der Waals surface area contributed by atoms with Crippen molar-refractivity contribution in [2.45, 2.75) is 52.1 Å². The molecule has 0 fully saturated rings. The zero-order valence-corrected chi connectivity index (χ0v) is 13.3. The number of nitrogens with two attached hydrogens (primary N) is 1. The SMILES string of the molecule is CCC(CC)N(CCOC)c1ccc([C@H](N)CC)nc1. The van der Waals surface area contributed by atoms with Gasteiger partial charge in [0, 0.05) is 25.7 Å². The summed E-state index contributed by atoms with van der Waals surface area (Å²) < 4.78 is 5.23. The first-order valence-electron chi connectivity index (χ1n) is 7.64. The van der Waals surface area contributed by atoms with Crippen molar-refractivity contribution in [2.24, 2.45) is 5.73 Å². The van der Waals surface area contributed by atoms with Crippen LogP contribution >= 0.6 is 0 Å². The number of pyridine rings is 1. The predicted octanol–water partition coefficient (Wildman–Crippen LogP) is 3.13. The van der Waals surface area contributed by atoms with Crippen LogP contribution < -0.4 is 10.6 Å². The van der Waals surface area contributed by atoms with Crippen molar-refractivity contribution in [1.29, 1.82) is 0 Å². The van der Waals surface area contributed by atoms with Crippen molar-refractivity contribution in [3.05, 3.63) is 24.0 Å². The molecular formula is C16H29N3O. The van der Waals surface area contributed by atoms with Gasteiger partial charge in [0.1, 0.15) is 0 Å². The Morgan fingerprint density at radius 1 is 1.20 bits per heavy atom.